The molecule has 21 heavy (non-hydrogen) atoms. The summed E-state index contributed by atoms with van der Waals surface area (Å²) in [7, 11) is 1.29. The summed E-state index contributed by atoms with van der Waals surface area (Å²) in [5.41, 5.74) is 1.09. The third-order valence-corrected chi connectivity index (χ3v) is 3.19. The van der Waals surface area contributed by atoms with Gasteiger partial charge in [0.15, 0.2) is 0 Å². The number of alkyl carbamates (subject to hydrolysis) is 1. The van der Waals surface area contributed by atoms with Crippen LogP contribution in [0.15, 0.2) is 18.3 Å². The molecule has 0 aliphatic carbocycles. The van der Waals surface area contributed by atoms with E-state index in [9.17, 15) is 9.59 Å². The summed E-state index contributed by atoms with van der Waals surface area (Å²) >= 11 is 0. The number of amides is 2. The van der Waals surface area contributed by atoms with Gasteiger partial charge >= 0.3 is 6.09 Å². The molecule has 2 heterocycles. The third-order valence-electron chi connectivity index (χ3n) is 3.19. The SMILES string of the molecule is COC(=O)NCc1cc(C(=O)NCC2CCCO2)ccn1. The molecule has 1 aliphatic rings. The molecule has 1 unspecified atom stereocenters. The number of hydrogen-bond donors (Lipinski definition) is 2. The van der Waals surface area contributed by atoms with Gasteiger partial charge in [0.2, 0.25) is 0 Å². The van der Waals surface area contributed by atoms with E-state index >= 15 is 0 Å². The lowest BCUT2D eigenvalue weighted by Crippen LogP contribution is -2.32. The van der Waals surface area contributed by atoms with Crippen LogP contribution in [-0.4, -0.2) is 43.3 Å². The third kappa shape index (κ3) is 4.71. The van der Waals surface area contributed by atoms with Gasteiger partial charge in [-0.25, -0.2) is 4.79 Å². The normalized spacial score (nSPS) is 17.3. The fraction of sp³-hybridized carbons (Fsp3) is 0.500. The first kappa shape index (κ1) is 15.2. The number of rotatable bonds is 5. The molecule has 114 valence electrons. The van der Waals surface area contributed by atoms with Gasteiger partial charge in [0, 0.05) is 24.9 Å². The summed E-state index contributed by atoms with van der Waals surface area (Å²) in [5, 5.41) is 5.36. The Kier molecular flexibility index (Phi) is 5.51. The van der Waals surface area contributed by atoms with E-state index < -0.39 is 6.09 Å². The Bertz CT molecular complexity index is 501. The van der Waals surface area contributed by atoms with Gasteiger partial charge in [-0.3, -0.25) is 9.78 Å². The molecule has 1 atom stereocenters. The summed E-state index contributed by atoms with van der Waals surface area (Å²) in [6.07, 6.45) is 3.13. The summed E-state index contributed by atoms with van der Waals surface area (Å²) in [4.78, 5) is 27.1. The molecule has 1 saturated heterocycles. The van der Waals surface area contributed by atoms with E-state index in [-0.39, 0.29) is 18.6 Å². The van der Waals surface area contributed by atoms with Crippen molar-refractivity contribution in [3.8, 4) is 0 Å². The number of pyridine rings is 1. The monoisotopic (exact) mass is 293 g/mol. The largest absolute Gasteiger partial charge is 0.453 e. The molecule has 2 amide bonds. The first-order valence-electron chi connectivity index (χ1n) is 6.85. The van der Waals surface area contributed by atoms with Crippen molar-refractivity contribution in [2.45, 2.75) is 25.5 Å². The van der Waals surface area contributed by atoms with E-state index in [0.29, 0.717) is 17.8 Å². The number of nitrogens with zero attached hydrogens (tertiary/aromatic N) is 1. The minimum absolute atomic E-state index is 0.108. The quantitative estimate of drug-likeness (QED) is 0.840. The predicted octanol–water partition coefficient (Wildman–Crippen LogP) is 0.846. The van der Waals surface area contributed by atoms with Crippen molar-refractivity contribution in [2.75, 3.05) is 20.3 Å². The lowest BCUT2D eigenvalue weighted by atomic mass is 10.2. The number of ether oxygens (including phenoxy) is 2. The number of nitrogens with one attached hydrogen (secondary N) is 2. The number of methoxy groups -OCH3 is 1. The predicted molar refractivity (Wildman–Crippen MR) is 74.8 cm³/mol. The van der Waals surface area contributed by atoms with Crippen LogP contribution >= 0.6 is 0 Å². The van der Waals surface area contributed by atoms with Crippen LogP contribution in [0.4, 0.5) is 4.79 Å². The van der Waals surface area contributed by atoms with Crippen molar-refractivity contribution in [1.82, 2.24) is 15.6 Å². The highest BCUT2D eigenvalue weighted by atomic mass is 16.5. The van der Waals surface area contributed by atoms with Crippen LogP contribution in [0.2, 0.25) is 0 Å². The second kappa shape index (κ2) is 7.58. The molecule has 1 aliphatic heterocycles. The molecule has 1 aromatic rings. The Morgan fingerprint density at radius 3 is 3.05 bits per heavy atom. The molecule has 0 spiro atoms. The van der Waals surface area contributed by atoms with Crippen molar-refractivity contribution in [3.63, 3.8) is 0 Å². The average Bonchev–Trinajstić information content (AvgIpc) is 3.04. The van der Waals surface area contributed by atoms with Crippen molar-refractivity contribution in [2.24, 2.45) is 0 Å². The topological polar surface area (TPSA) is 89.5 Å². The molecule has 0 saturated carbocycles. The lowest BCUT2D eigenvalue weighted by Gasteiger charge is -2.11. The zero-order chi connectivity index (χ0) is 15.1. The minimum Gasteiger partial charge on any atom is -0.453 e. The maximum Gasteiger partial charge on any atom is 0.407 e. The molecule has 0 aromatic carbocycles. The smallest absolute Gasteiger partial charge is 0.407 e. The Morgan fingerprint density at radius 1 is 1.48 bits per heavy atom. The minimum atomic E-state index is -0.537. The Labute approximate surface area is 123 Å². The summed E-state index contributed by atoms with van der Waals surface area (Å²) in [6, 6.07) is 3.27. The molecule has 1 fully saturated rings. The maximum atomic E-state index is 12.0. The highest BCUT2D eigenvalue weighted by Crippen LogP contribution is 2.11. The molecule has 0 bridgehead atoms. The summed E-state index contributed by atoms with van der Waals surface area (Å²) < 4.78 is 9.93. The van der Waals surface area contributed by atoms with Gasteiger partial charge in [0.25, 0.3) is 5.91 Å². The maximum absolute atomic E-state index is 12.0. The second-order valence-electron chi connectivity index (χ2n) is 4.73. The fourth-order valence-corrected chi connectivity index (χ4v) is 2.06. The zero-order valence-electron chi connectivity index (χ0n) is 11.9. The van der Waals surface area contributed by atoms with Crippen LogP contribution in [0.3, 0.4) is 0 Å². The zero-order valence-corrected chi connectivity index (χ0v) is 11.9. The van der Waals surface area contributed by atoms with Crippen LogP contribution in [-0.2, 0) is 16.0 Å². The van der Waals surface area contributed by atoms with Gasteiger partial charge in [-0.1, -0.05) is 0 Å². The van der Waals surface area contributed by atoms with Crippen LogP contribution in [0.5, 0.6) is 0 Å². The van der Waals surface area contributed by atoms with E-state index in [2.05, 4.69) is 20.4 Å². The van der Waals surface area contributed by atoms with E-state index in [1.165, 1.54) is 13.3 Å². The van der Waals surface area contributed by atoms with Gasteiger partial charge < -0.3 is 20.1 Å². The number of aromatic nitrogens is 1. The van der Waals surface area contributed by atoms with Crippen LogP contribution in [0.1, 0.15) is 28.9 Å². The van der Waals surface area contributed by atoms with E-state index in [4.69, 9.17) is 4.74 Å². The fourth-order valence-electron chi connectivity index (χ4n) is 2.06. The molecule has 0 radical (unpaired) electrons. The molecule has 7 heteroatoms. The van der Waals surface area contributed by atoms with Crippen molar-refractivity contribution >= 4 is 12.0 Å². The highest BCUT2D eigenvalue weighted by Gasteiger charge is 2.16. The molecule has 2 N–H and O–H groups in total. The molecular formula is C14H19N3O4. The molecular weight excluding hydrogens is 274 g/mol. The van der Waals surface area contributed by atoms with Crippen LogP contribution in [0.25, 0.3) is 0 Å². The number of carbonyl (C=O) groups is 2. The highest BCUT2D eigenvalue weighted by molar-refractivity contribution is 5.94. The molecule has 1 aromatic heterocycles. The lowest BCUT2D eigenvalue weighted by molar-refractivity contribution is 0.0857. The second-order valence-corrected chi connectivity index (χ2v) is 4.73. The molecule has 7 nitrogen and oxygen atoms in total. The van der Waals surface area contributed by atoms with Gasteiger partial charge in [-0.15, -0.1) is 0 Å². The van der Waals surface area contributed by atoms with Gasteiger partial charge in [0.05, 0.1) is 25.5 Å². The molecule has 2 rings (SSSR count). The van der Waals surface area contributed by atoms with E-state index in [0.717, 1.165) is 19.4 Å². The van der Waals surface area contributed by atoms with Gasteiger partial charge in [-0.2, -0.15) is 0 Å². The summed E-state index contributed by atoms with van der Waals surface area (Å²) in [6.45, 7) is 1.48. The Hall–Kier alpha value is -2.15. The number of carbonyl (C=O) groups excluding carboxylic acids is 2. The van der Waals surface area contributed by atoms with Crippen LogP contribution < -0.4 is 10.6 Å². The summed E-state index contributed by atoms with van der Waals surface area (Å²) in [5.74, 6) is -0.174. The Balaban J connectivity index is 1.86. The van der Waals surface area contributed by atoms with Crippen LogP contribution in [0, 0.1) is 0 Å². The first-order valence-corrected chi connectivity index (χ1v) is 6.85. The first-order chi connectivity index (χ1) is 10.2. The standard InChI is InChI=1S/C14H19N3O4/c1-20-14(19)17-8-11-7-10(4-5-15-11)13(18)16-9-12-3-2-6-21-12/h4-5,7,12H,2-3,6,8-9H2,1H3,(H,16,18)(H,17,19). The van der Waals surface area contributed by atoms with Crippen molar-refractivity contribution in [3.05, 3.63) is 29.6 Å². The number of hydrogen-bond acceptors (Lipinski definition) is 5. The van der Waals surface area contributed by atoms with Crippen molar-refractivity contribution in [1.29, 1.82) is 0 Å². The van der Waals surface area contributed by atoms with E-state index in [1.807, 2.05) is 0 Å². The van der Waals surface area contributed by atoms with Gasteiger partial charge in [0.1, 0.15) is 0 Å². The van der Waals surface area contributed by atoms with Crippen molar-refractivity contribution < 1.29 is 19.1 Å². The average molecular weight is 293 g/mol. The Morgan fingerprint density at radius 2 is 2.33 bits per heavy atom. The van der Waals surface area contributed by atoms with E-state index in [1.54, 1.807) is 12.1 Å². The van der Waals surface area contributed by atoms with Gasteiger partial charge in [-0.05, 0) is 25.0 Å².